The lowest BCUT2D eigenvalue weighted by Gasteiger charge is -2.27. The lowest BCUT2D eigenvalue weighted by molar-refractivity contribution is 0.0359. The highest BCUT2D eigenvalue weighted by atomic mass is 32.2. The third kappa shape index (κ3) is 4.72. The van der Waals surface area contributed by atoms with Crippen LogP contribution in [0.1, 0.15) is 31.9 Å². The van der Waals surface area contributed by atoms with Gasteiger partial charge in [0.05, 0.1) is 9.90 Å². The largest absolute Gasteiger partial charge is 0.438 e. The Morgan fingerprint density at radius 2 is 1.79 bits per heavy atom. The average Bonchev–Trinajstić information content (AvgIpc) is 3.03. The van der Waals surface area contributed by atoms with Crippen molar-refractivity contribution in [2.24, 2.45) is 11.1 Å². The molecule has 0 saturated heterocycles. The van der Waals surface area contributed by atoms with E-state index in [-0.39, 0.29) is 5.82 Å². The summed E-state index contributed by atoms with van der Waals surface area (Å²) in [5.74, 6) is -0.350. The molecule has 1 unspecified atom stereocenters. The molecular weight excluding hydrogens is 395 g/mol. The first kappa shape index (κ1) is 20.4. The van der Waals surface area contributed by atoms with Crippen LogP contribution in [-0.2, 0) is 4.74 Å². The minimum Gasteiger partial charge on any atom is -0.438 e. The van der Waals surface area contributed by atoms with E-state index in [9.17, 15) is 9.18 Å². The van der Waals surface area contributed by atoms with Crippen molar-refractivity contribution in [2.45, 2.75) is 36.0 Å². The van der Waals surface area contributed by atoms with Gasteiger partial charge in [0.25, 0.3) is 0 Å². The third-order valence-corrected chi connectivity index (χ3v) is 6.22. The molecule has 0 radical (unpaired) electrons. The van der Waals surface area contributed by atoms with Gasteiger partial charge < -0.3 is 10.5 Å². The van der Waals surface area contributed by atoms with E-state index in [0.717, 1.165) is 9.10 Å². The van der Waals surface area contributed by atoms with Crippen LogP contribution < -0.4 is 5.73 Å². The molecule has 0 saturated carbocycles. The van der Waals surface area contributed by atoms with Crippen LogP contribution in [-0.4, -0.2) is 11.1 Å². The molecule has 3 rings (SSSR count). The second-order valence-corrected chi connectivity index (χ2v) is 9.64. The van der Waals surface area contributed by atoms with Crippen molar-refractivity contribution in [3.8, 4) is 11.3 Å². The fraction of sp³-hybridized carbons (Fsp3) is 0.238. The van der Waals surface area contributed by atoms with Gasteiger partial charge in [0, 0.05) is 15.9 Å². The highest BCUT2D eigenvalue weighted by molar-refractivity contribution is 8.01. The molecular formula is C21H21FN2O2S2. The molecule has 0 fully saturated rings. The van der Waals surface area contributed by atoms with E-state index in [0.29, 0.717) is 16.3 Å². The number of primary amides is 1. The molecule has 146 valence electrons. The predicted octanol–water partition coefficient (Wildman–Crippen LogP) is 6.28. The molecule has 2 aromatic carbocycles. The molecule has 1 heterocycles. The van der Waals surface area contributed by atoms with Crippen LogP contribution in [0.5, 0.6) is 0 Å². The fourth-order valence-electron chi connectivity index (χ4n) is 2.64. The van der Waals surface area contributed by atoms with Gasteiger partial charge >= 0.3 is 6.09 Å². The van der Waals surface area contributed by atoms with Gasteiger partial charge in [-0.05, 0) is 24.3 Å². The van der Waals surface area contributed by atoms with Gasteiger partial charge in [0.2, 0.25) is 0 Å². The molecule has 0 bridgehead atoms. The molecule has 28 heavy (non-hydrogen) atoms. The third-order valence-electron chi connectivity index (χ3n) is 3.94. The zero-order valence-electron chi connectivity index (χ0n) is 15.8. The molecule has 7 heteroatoms. The number of ether oxygens (including phenoxy) is 1. The summed E-state index contributed by atoms with van der Waals surface area (Å²) < 4.78 is 20.7. The van der Waals surface area contributed by atoms with Gasteiger partial charge in [0.15, 0.2) is 6.10 Å². The van der Waals surface area contributed by atoms with Crippen LogP contribution >= 0.6 is 23.1 Å². The van der Waals surface area contributed by atoms with Gasteiger partial charge in [-0.25, -0.2) is 14.2 Å². The molecule has 1 aromatic heterocycles. The van der Waals surface area contributed by atoms with E-state index in [1.165, 1.54) is 29.2 Å². The molecule has 3 aromatic rings. The number of halogens is 1. The fourth-order valence-corrected chi connectivity index (χ4v) is 5.19. The van der Waals surface area contributed by atoms with Gasteiger partial charge in [-0.2, -0.15) is 0 Å². The van der Waals surface area contributed by atoms with Gasteiger partial charge in [-0.1, -0.05) is 62.9 Å². The van der Waals surface area contributed by atoms with E-state index in [4.69, 9.17) is 10.5 Å². The molecule has 1 atom stereocenters. The molecule has 0 aliphatic rings. The molecule has 1 amide bonds. The van der Waals surface area contributed by atoms with Crippen LogP contribution in [0.3, 0.4) is 0 Å². The number of carbonyl (C=O) groups excluding carboxylic acids is 1. The Bertz CT molecular complexity index is 968. The van der Waals surface area contributed by atoms with Crippen molar-refractivity contribution in [3.63, 3.8) is 0 Å². The van der Waals surface area contributed by atoms with Crippen molar-refractivity contribution < 1.29 is 13.9 Å². The van der Waals surface area contributed by atoms with E-state index in [1.54, 1.807) is 18.2 Å². The van der Waals surface area contributed by atoms with Crippen molar-refractivity contribution in [3.05, 3.63) is 65.4 Å². The summed E-state index contributed by atoms with van der Waals surface area (Å²) in [6.45, 7) is 5.82. The number of rotatable bonds is 5. The summed E-state index contributed by atoms with van der Waals surface area (Å²) in [5.41, 5.74) is 5.81. The molecule has 0 aliphatic heterocycles. The van der Waals surface area contributed by atoms with E-state index >= 15 is 0 Å². The first-order valence-corrected chi connectivity index (χ1v) is 10.3. The molecule has 0 aliphatic carbocycles. The number of aromatic nitrogens is 1. The van der Waals surface area contributed by atoms with Gasteiger partial charge in [-0.15, -0.1) is 11.3 Å². The van der Waals surface area contributed by atoms with Crippen LogP contribution in [0, 0.1) is 11.2 Å². The van der Waals surface area contributed by atoms with Crippen LogP contribution in [0.2, 0.25) is 0 Å². The van der Waals surface area contributed by atoms with E-state index in [1.807, 2.05) is 51.1 Å². The van der Waals surface area contributed by atoms with E-state index < -0.39 is 17.6 Å². The van der Waals surface area contributed by atoms with Gasteiger partial charge in [-0.3, -0.25) is 0 Å². The number of hydrogen-bond acceptors (Lipinski definition) is 5. The molecule has 2 N–H and O–H groups in total. The topological polar surface area (TPSA) is 65.2 Å². The molecule has 0 spiro atoms. The van der Waals surface area contributed by atoms with Gasteiger partial charge in [0.1, 0.15) is 10.8 Å². The Kier molecular flexibility index (Phi) is 6.05. The van der Waals surface area contributed by atoms with Crippen molar-refractivity contribution in [1.82, 2.24) is 4.98 Å². The highest BCUT2D eigenvalue weighted by Gasteiger charge is 2.34. The van der Waals surface area contributed by atoms with Crippen LogP contribution in [0.4, 0.5) is 9.18 Å². The Morgan fingerprint density at radius 3 is 2.39 bits per heavy atom. The Labute approximate surface area is 171 Å². The zero-order valence-corrected chi connectivity index (χ0v) is 17.4. The first-order chi connectivity index (χ1) is 13.3. The summed E-state index contributed by atoms with van der Waals surface area (Å²) in [6, 6.07) is 16.3. The predicted molar refractivity (Wildman–Crippen MR) is 111 cm³/mol. The number of nitrogens with zero attached hydrogens (tertiary/aromatic N) is 1. The number of benzene rings is 2. The highest BCUT2D eigenvalue weighted by Crippen LogP contribution is 2.46. The summed E-state index contributed by atoms with van der Waals surface area (Å²) in [5, 5.41) is 0.586. The van der Waals surface area contributed by atoms with Crippen molar-refractivity contribution in [1.29, 1.82) is 0 Å². The second kappa shape index (κ2) is 8.32. The molecule has 4 nitrogen and oxygen atoms in total. The minimum absolute atomic E-state index is 0.350. The zero-order chi connectivity index (χ0) is 20.3. The van der Waals surface area contributed by atoms with Crippen molar-refractivity contribution >= 4 is 29.2 Å². The summed E-state index contributed by atoms with van der Waals surface area (Å²) >= 11 is 2.89. The Hall–Kier alpha value is -2.38. The standard InChI is InChI=1S/C21H21FN2O2S2/c1-21(2,3)17(26-20(23)25)18-24-16(14-11-7-8-12-15(14)22)19(28-18)27-13-9-5-4-6-10-13/h4-12,17H,1-3H3,(H2,23,25). The lowest BCUT2D eigenvalue weighted by atomic mass is 9.89. The number of hydrogen-bond donors (Lipinski definition) is 1. The Morgan fingerprint density at radius 1 is 1.14 bits per heavy atom. The second-order valence-electron chi connectivity index (χ2n) is 7.27. The maximum absolute atomic E-state index is 14.5. The maximum Gasteiger partial charge on any atom is 0.405 e. The minimum atomic E-state index is -0.861. The number of nitrogens with two attached hydrogens (primary N) is 1. The number of amides is 1. The number of carbonyl (C=O) groups is 1. The summed E-state index contributed by atoms with van der Waals surface area (Å²) in [6.07, 6.45) is -1.49. The lowest BCUT2D eigenvalue weighted by Crippen LogP contribution is -2.26. The smallest absolute Gasteiger partial charge is 0.405 e. The van der Waals surface area contributed by atoms with Crippen LogP contribution in [0.15, 0.2) is 63.7 Å². The quantitative estimate of drug-likeness (QED) is 0.531. The summed E-state index contributed by atoms with van der Waals surface area (Å²) in [7, 11) is 0. The SMILES string of the molecule is CC(C)(C)C(OC(N)=O)c1nc(-c2ccccc2F)c(Sc2ccccc2)s1. The first-order valence-electron chi connectivity index (χ1n) is 8.70. The Balaban J connectivity index is 2.11. The average molecular weight is 417 g/mol. The monoisotopic (exact) mass is 416 g/mol. The number of thiazole rings is 1. The summed E-state index contributed by atoms with van der Waals surface area (Å²) in [4.78, 5) is 17.1. The van der Waals surface area contributed by atoms with Crippen molar-refractivity contribution in [2.75, 3.05) is 0 Å². The van der Waals surface area contributed by atoms with Crippen LogP contribution in [0.25, 0.3) is 11.3 Å². The maximum atomic E-state index is 14.5. The normalized spacial score (nSPS) is 12.6. The van der Waals surface area contributed by atoms with E-state index in [2.05, 4.69) is 4.98 Å².